The van der Waals surface area contributed by atoms with Crippen molar-refractivity contribution in [2.24, 2.45) is 0 Å². The van der Waals surface area contributed by atoms with Crippen LogP contribution in [0, 0.1) is 6.92 Å². The van der Waals surface area contributed by atoms with Crippen molar-refractivity contribution in [3.05, 3.63) is 58.4 Å². The van der Waals surface area contributed by atoms with E-state index in [1.807, 2.05) is 43.3 Å². The molecule has 1 N–H and O–H groups in total. The molecule has 0 aliphatic rings. The van der Waals surface area contributed by atoms with Crippen molar-refractivity contribution in [2.75, 3.05) is 12.4 Å². The summed E-state index contributed by atoms with van der Waals surface area (Å²) in [5.74, 6) is 1.83. The molecule has 6 heteroatoms. The first kappa shape index (κ1) is 15.6. The van der Waals surface area contributed by atoms with E-state index in [1.165, 1.54) is 5.56 Å². The van der Waals surface area contributed by atoms with Crippen LogP contribution in [0.1, 0.15) is 11.5 Å². The van der Waals surface area contributed by atoms with Gasteiger partial charge < -0.3 is 14.5 Å². The lowest BCUT2D eigenvalue weighted by atomic mass is 10.2. The number of benzene rings is 2. The molecule has 0 unspecified atom stereocenters. The Morgan fingerprint density at radius 1 is 1.13 bits per heavy atom. The van der Waals surface area contributed by atoms with Crippen LogP contribution in [0.4, 0.5) is 5.69 Å². The van der Waals surface area contributed by atoms with Crippen LogP contribution in [-0.2, 0) is 6.54 Å². The molecule has 2 aromatic carbocycles. The lowest BCUT2D eigenvalue weighted by Gasteiger charge is -2.05. The summed E-state index contributed by atoms with van der Waals surface area (Å²) in [6.07, 6.45) is 0. The van der Waals surface area contributed by atoms with Gasteiger partial charge in [0, 0.05) is 15.7 Å². The summed E-state index contributed by atoms with van der Waals surface area (Å²) < 4.78 is 11.9. The quantitative estimate of drug-likeness (QED) is 0.716. The van der Waals surface area contributed by atoms with E-state index >= 15 is 0 Å². The van der Waals surface area contributed by atoms with Gasteiger partial charge in [0.05, 0.1) is 13.7 Å². The lowest BCUT2D eigenvalue weighted by molar-refractivity contribution is 0.415. The van der Waals surface area contributed by atoms with Gasteiger partial charge in [0.25, 0.3) is 0 Å². The maximum atomic E-state index is 5.68. The standard InChI is InChI=1S/C17H16BrN3O2/c1-11-9-13(5-8-15(11)18)19-10-16-20-21-17(23-16)12-3-6-14(22-2)7-4-12/h3-9,19H,10H2,1-2H3. The zero-order valence-corrected chi connectivity index (χ0v) is 14.4. The fourth-order valence-electron chi connectivity index (χ4n) is 2.11. The molecule has 0 fully saturated rings. The molecule has 1 heterocycles. The zero-order valence-electron chi connectivity index (χ0n) is 12.8. The lowest BCUT2D eigenvalue weighted by Crippen LogP contribution is -1.99. The molecular formula is C17H16BrN3O2. The Hall–Kier alpha value is -2.34. The van der Waals surface area contributed by atoms with E-state index < -0.39 is 0 Å². The normalized spacial score (nSPS) is 10.6. The van der Waals surface area contributed by atoms with Crippen molar-refractivity contribution < 1.29 is 9.15 Å². The van der Waals surface area contributed by atoms with Gasteiger partial charge >= 0.3 is 0 Å². The van der Waals surface area contributed by atoms with E-state index in [2.05, 4.69) is 37.5 Å². The molecule has 5 nitrogen and oxygen atoms in total. The first-order chi connectivity index (χ1) is 11.2. The van der Waals surface area contributed by atoms with Crippen LogP contribution in [-0.4, -0.2) is 17.3 Å². The van der Waals surface area contributed by atoms with Gasteiger partial charge in [0.2, 0.25) is 11.8 Å². The van der Waals surface area contributed by atoms with Gasteiger partial charge in [-0.05, 0) is 55.0 Å². The molecule has 0 saturated heterocycles. The van der Waals surface area contributed by atoms with Gasteiger partial charge in [0.15, 0.2) is 0 Å². The minimum atomic E-state index is 0.476. The number of nitrogens with zero attached hydrogens (tertiary/aromatic N) is 2. The van der Waals surface area contributed by atoms with Crippen LogP contribution < -0.4 is 10.1 Å². The van der Waals surface area contributed by atoms with Gasteiger partial charge in [-0.15, -0.1) is 10.2 Å². The fourth-order valence-corrected chi connectivity index (χ4v) is 2.35. The zero-order chi connectivity index (χ0) is 16.2. The van der Waals surface area contributed by atoms with Crippen LogP contribution in [0.25, 0.3) is 11.5 Å². The first-order valence-corrected chi connectivity index (χ1v) is 7.92. The Morgan fingerprint density at radius 2 is 1.91 bits per heavy atom. The predicted octanol–water partition coefficient (Wildman–Crippen LogP) is 4.43. The maximum Gasteiger partial charge on any atom is 0.247 e. The molecule has 0 atom stereocenters. The summed E-state index contributed by atoms with van der Waals surface area (Å²) in [5, 5.41) is 11.4. The third-order valence-corrected chi connectivity index (χ3v) is 4.30. The Morgan fingerprint density at radius 3 is 2.61 bits per heavy atom. The van der Waals surface area contributed by atoms with E-state index in [1.54, 1.807) is 7.11 Å². The maximum absolute atomic E-state index is 5.68. The van der Waals surface area contributed by atoms with Crippen molar-refractivity contribution in [3.63, 3.8) is 0 Å². The second kappa shape index (κ2) is 6.83. The Bertz CT molecular complexity index is 800. The van der Waals surface area contributed by atoms with Crippen LogP contribution >= 0.6 is 15.9 Å². The van der Waals surface area contributed by atoms with E-state index in [-0.39, 0.29) is 0 Å². The van der Waals surface area contributed by atoms with Crippen molar-refractivity contribution in [1.82, 2.24) is 10.2 Å². The van der Waals surface area contributed by atoms with Crippen molar-refractivity contribution >= 4 is 21.6 Å². The van der Waals surface area contributed by atoms with Gasteiger partial charge in [-0.25, -0.2) is 0 Å². The highest BCUT2D eigenvalue weighted by atomic mass is 79.9. The number of nitrogens with one attached hydrogen (secondary N) is 1. The number of aryl methyl sites for hydroxylation is 1. The molecule has 3 rings (SSSR count). The van der Waals surface area contributed by atoms with Crippen LogP contribution in [0.3, 0.4) is 0 Å². The average molecular weight is 374 g/mol. The van der Waals surface area contributed by atoms with E-state index in [4.69, 9.17) is 9.15 Å². The van der Waals surface area contributed by atoms with Crippen molar-refractivity contribution in [3.8, 4) is 17.2 Å². The fraction of sp³-hybridized carbons (Fsp3) is 0.176. The third-order valence-electron chi connectivity index (χ3n) is 3.41. The minimum absolute atomic E-state index is 0.476. The summed E-state index contributed by atoms with van der Waals surface area (Å²) in [4.78, 5) is 0. The Balaban J connectivity index is 1.67. The number of anilines is 1. The average Bonchev–Trinajstić information content (AvgIpc) is 3.05. The van der Waals surface area contributed by atoms with Gasteiger partial charge in [-0.3, -0.25) is 0 Å². The number of halogens is 1. The monoisotopic (exact) mass is 373 g/mol. The second-order valence-corrected chi connectivity index (χ2v) is 5.90. The number of ether oxygens (including phenoxy) is 1. The van der Waals surface area contributed by atoms with Crippen LogP contribution in [0.2, 0.25) is 0 Å². The van der Waals surface area contributed by atoms with E-state index in [0.717, 1.165) is 21.5 Å². The molecule has 23 heavy (non-hydrogen) atoms. The number of rotatable bonds is 5. The molecule has 0 radical (unpaired) electrons. The predicted molar refractivity (Wildman–Crippen MR) is 92.5 cm³/mol. The highest BCUT2D eigenvalue weighted by Gasteiger charge is 2.08. The Labute approximate surface area is 142 Å². The Kier molecular flexibility index (Phi) is 4.62. The third kappa shape index (κ3) is 3.71. The summed E-state index contributed by atoms with van der Waals surface area (Å²) in [5.41, 5.74) is 3.04. The minimum Gasteiger partial charge on any atom is -0.497 e. The molecule has 0 saturated carbocycles. The smallest absolute Gasteiger partial charge is 0.247 e. The van der Waals surface area contributed by atoms with Gasteiger partial charge in [0.1, 0.15) is 5.75 Å². The van der Waals surface area contributed by atoms with Crippen LogP contribution in [0.15, 0.2) is 51.4 Å². The summed E-state index contributed by atoms with van der Waals surface area (Å²) in [6.45, 7) is 2.52. The van der Waals surface area contributed by atoms with Gasteiger partial charge in [-0.1, -0.05) is 15.9 Å². The van der Waals surface area contributed by atoms with E-state index in [0.29, 0.717) is 18.3 Å². The largest absolute Gasteiger partial charge is 0.497 e. The summed E-state index contributed by atoms with van der Waals surface area (Å²) >= 11 is 3.49. The molecule has 0 spiro atoms. The molecule has 0 aliphatic heterocycles. The second-order valence-electron chi connectivity index (χ2n) is 5.05. The van der Waals surface area contributed by atoms with Crippen LogP contribution in [0.5, 0.6) is 5.75 Å². The van der Waals surface area contributed by atoms with E-state index in [9.17, 15) is 0 Å². The number of hydrogen-bond donors (Lipinski definition) is 1. The highest BCUT2D eigenvalue weighted by molar-refractivity contribution is 9.10. The molecule has 118 valence electrons. The number of methoxy groups -OCH3 is 1. The molecular weight excluding hydrogens is 358 g/mol. The molecule has 0 bridgehead atoms. The molecule has 0 amide bonds. The molecule has 3 aromatic rings. The molecule has 0 aliphatic carbocycles. The summed E-state index contributed by atoms with van der Waals surface area (Å²) in [7, 11) is 1.63. The topological polar surface area (TPSA) is 60.2 Å². The van der Waals surface area contributed by atoms with Crippen molar-refractivity contribution in [1.29, 1.82) is 0 Å². The highest BCUT2D eigenvalue weighted by Crippen LogP contribution is 2.22. The van der Waals surface area contributed by atoms with Gasteiger partial charge in [-0.2, -0.15) is 0 Å². The number of aromatic nitrogens is 2. The number of hydrogen-bond acceptors (Lipinski definition) is 5. The summed E-state index contributed by atoms with van der Waals surface area (Å²) in [6, 6.07) is 13.6. The SMILES string of the molecule is COc1ccc(-c2nnc(CNc3ccc(Br)c(C)c3)o2)cc1. The first-order valence-electron chi connectivity index (χ1n) is 7.12. The molecule has 1 aromatic heterocycles. The van der Waals surface area contributed by atoms with Crippen molar-refractivity contribution in [2.45, 2.75) is 13.5 Å².